The van der Waals surface area contributed by atoms with Crippen molar-refractivity contribution >= 4 is 11.8 Å². The number of amides is 1. The number of rotatable bonds is 4. The van der Waals surface area contributed by atoms with Gasteiger partial charge in [-0.3, -0.25) is 10.00 Å². The largest absolute Gasteiger partial charge is 0.444 e. The fourth-order valence-electron chi connectivity index (χ4n) is 2.83. The van der Waals surface area contributed by atoms with Crippen LogP contribution in [0.3, 0.4) is 0 Å². The van der Waals surface area contributed by atoms with E-state index in [2.05, 4.69) is 29.4 Å². The highest BCUT2D eigenvalue weighted by atomic mass is 16.5. The van der Waals surface area contributed by atoms with Gasteiger partial charge in [0.25, 0.3) is 0 Å². The van der Waals surface area contributed by atoms with E-state index in [1.807, 2.05) is 35.0 Å². The molecule has 0 saturated heterocycles. The van der Waals surface area contributed by atoms with Crippen LogP contribution in [0, 0.1) is 0 Å². The molecule has 0 radical (unpaired) electrons. The van der Waals surface area contributed by atoms with Crippen molar-refractivity contribution in [1.82, 2.24) is 14.7 Å². The van der Waals surface area contributed by atoms with Gasteiger partial charge in [0.1, 0.15) is 6.61 Å². The highest BCUT2D eigenvalue weighted by molar-refractivity contribution is 5.85. The average molecular weight is 314 g/mol. The maximum absolute atomic E-state index is 12.0. The van der Waals surface area contributed by atoms with E-state index < -0.39 is 6.09 Å². The van der Waals surface area contributed by atoms with Crippen LogP contribution in [0.25, 0.3) is 0 Å². The molecule has 1 amide bonds. The molecule has 6 heteroatoms. The summed E-state index contributed by atoms with van der Waals surface area (Å²) >= 11 is 0. The molecular weight excluding hydrogens is 292 g/mol. The first-order chi connectivity index (χ1) is 11.1. The quantitative estimate of drug-likeness (QED) is 0.942. The van der Waals surface area contributed by atoms with Gasteiger partial charge in [0.2, 0.25) is 0 Å². The highest BCUT2D eigenvalue weighted by Gasteiger charge is 2.24. The Hall–Kier alpha value is -2.34. The molecule has 23 heavy (non-hydrogen) atoms. The second-order valence-corrected chi connectivity index (χ2v) is 6.03. The summed E-state index contributed by atoms with van der Waals surface area (Å²) in [5.74, 6) is 0. The Morgan fingerprint density at radius 1 is 1.39 bits per heavy atom. The first-order valence-corrected chi connectivity index (χ1v) is 7.82. The van der Waals surface area contributed by atoms with Crippen LogP contribution < -0.4 is 5.32 Å². The number of carbonyl (C=O) groups excluding carboxylic acids is 1. The molecule has 3 rings (SSSR count). The number of ether oxygens (including phenoxy) is 1. The Balaban J connectivity index is 1.60. The van der Waals surface area contributed by atoms with Crippen LogP contribution in [-0.4, -0.2) is 40.9 Å². The van der Waals surface area contributed by atoms with Crippen molar-refractivity contribution in [2.75, 3.05) is 19.4 Å². The first kappa shape index (κ1) is 15.6. The topological polar surface area (TPSA) is 59.4 Å². The van der Waals surface area contributed by atoms with E-state index >= 15 is 0 Å². The Morgan fingerprint density at radius 3 is 2.91 bits per heavy atom. The summed E-state index contributed by atoms with van der Waals surface area (Å²) < 4.78 is 7.23. The van der Waals surface area contributed by atoms with Crippen molar-refractivity contribution in [2.45, 2.75) is 32.0 Å². The molecule has 1 aromatic heterocycles. The Labute approximate surface area is 136 Å². The number of anilines is 1. The molecule has 0 aliphatic carbocycles. The molecule has 1 aromatic carbocycles. The lowest BCUT2D eigenvalue weighted by Gasteiger charge is -2.29. The van der Waals surface area contributed by atoms with E-state index in [1.165, 1.54) is 0 Å². The fraction of sp³-hybridized carbons (Fsp3) is 0.412. The van der Waals surface area contributed by atoms with Gasteiger partial charge in [0, 0.05) is 19.0 Å². The summed E-state index contributed by atoms with van der Waals surface area (Å²) in [7, 11) is 4.16. The third kappa shape index (κ3) is 3.71. The highest BCUT2D eigenvalue weighted by Crippen LogP contribution is 2.24. The third-order valence-electron chi connectivity index (χ3n) is 4.23. The maximum atomic E-state index is 12.0. The number of benzene rings is 1. The minimum atomic E-state index is -0.448. The molecule has 0 fully saturated rings. The maximum Gasteiger partial charge on any atom is 0.412 e. The lowest BCUT2D eigenvalue weighted by Crippen LogP contribution is -2.36. The first-order valence-electron chi connectivity index (χ1n) is 7.82. The number of nitrogens with one attached hydrogen (secondary N) is 1. The van der Waals surface area contributed by atoms with Crippen LogP contribution in [0.4, 0.5) is 10.5 Å². The van der Waals surface area contributed by atoms with E-state index in [1.54, 1.807) is 6.20 Å². The van der Waals surface area contributed by atoms with E-state index in [9.17, 15) is 4.79 Å². The molecule has 1 atom stereocenters. The van der Waals surface area contributed by atoms with Crippen molar-refractivity contribution in [3.05, 3.63) is 47.8 Å². The van der Waals surface area contributed by atoms with Crippen LogP contribution in [0.5, 0.6) is 0 Å². The molecule has 1 unspecified atom stereocenters. The number of nitrogens with zero attached hydrogens (tertiary/aromatic N) is 3. The predicted octanol–water partition coefficient (Wildman–Crippen LogP) is 2.51. The standard InChI is InChI=1S/C17H22N4O2/c1-20(2)14-8-9-21-16(10-14)15(11-18-21)19-17(22)23-12-13-6-4-3-5-7-13/h3-7,11,14H,8-10,12H2,1-2H3,(H,19,22). The molecule has 122 valence electrons. The van der Waals surface area contributed by atoms with Gasteiger partial charge in [-0.05, 0) is 26.1 Å². The summed E-state index contributed by atoms with van der Waals surface area (Å²) in [4.78, 5) is 14.2. The van der Waals surface area contributed by atoms with E-state index in [0.717, 1.165) is 36.3 Å². The molecule has 0 bridgehead atoms. The Morgan fingerprint density at radius 2 is 2.17 bits per heavy atom. The van der Waals surface area contributed by atoms with Crippen LogP contribution in [0.2, 0.25) is 0 Å². The zero-order chi connectivity index (χ0) is 16.2. The lowest BCUT2D eigenvalue weighted by atomic mass is 10.0. The van der Waals surface area contributed by atoms with E-state index in [-0.39, 0.29) is 6.61 Å². The molecule has 0 spiro atoms. The van der Waals surface area contributed by atoms with Gasteiger partial charge < -0.3 is 9.64 Å². The average Bonchev–Trinajstić information content (AvgIpc) is 2.96. The molecule has 1 N–H and O–H groups in total. The smallest absolute Gasteiger partial charge is 0.412 e. The number of hydrogen-bond donors (Lipinski definition) is 1. The van der Waals surface area contributed by atoms with Gasteiger partial charge in [-0.15, -0.1) is 0 Å². The Kier molecular flexibility index (Phi) is 4.62. The third-order valence-corrected chi connectivity index (χ3v) is 4.23. The van der Waals surface area contributed by atoms with Crippen LogP contribution >= 0.6 is 0 Å². The zero-order valence-corrected chi connectivity index (χ0v) is 13.5. The summed E-state index contributed by atoms with van der Waals surface area (Å²) in [5, 5.41) is 7.17. The lowest BCUT2D eigenvalue weighted by molar-refractivity contribution is 0.155. The molecule has 2 aromatic rings. The molecule has 0 saturated carbocycles. The van der Waals surface area contributed by atoms with Crippen LogP contribution in [0.15, 0.2) is 36.5 Å². The fourth-order valence-corrected chi connectivity index (χ4v) is 2.83. The summed E-state index contributed by atoms with van der Waals surface area (Å²) in [6.07, 6.45) is 3.20. The van der Waals surface area contributed by atoms with Crippen molar-refractivity contribution in [3.63, 3.8) is 0 Å². The summed E-state index contributed by atoms with van der Waals surface area (Å²) in [6, 6.07) is 10.1. The number of aryl methyl sites for hydroxylation is 1. The normalized spacial score (nSPS) is 16.9. The van der Waals surface area contributed by atoms with E-state index in [4.69, 9.17) is 4.74 Å². The van der Waals surface area contributed by atoms with Crippen molar-refractivity contribution in [3.8, 4) is 0 Å². The predicted molar refractivity (Wildman–Crippen MR) is 88.3 cm³/mol. The SMILES string of the molecule is CN(C)C1CCn2ncc(NC(=O)OCc3ccccc3)c2C1. The van der Waals surface area contributed by atoms with Gasteiger partial charge in [-0.1, -0.05) is 30.3 Å². The number of fused-ring (bicyclic) bond motifs is 1. The monoisotopic (exact) mass is 314 g/mol. The van der Waals surface area contributed by atoms with Gasteiger partial charge in [0.15, 0.2) is 0 Å². The van der Waals surface area contributed by atoms with Gasteiger partial charge in [-0.2, -0.15) is 5.10 Å². The number of hydrogen-bond acceptors (Lipinski definition) is 4. The molecular formula is C17H22N4O2. The molecule has 6 nitrogen and oxygen atoms in total. The molecule has 1 aliphatic heterocycles. The number of likely N-dealkylation sites (N-methyl/N-ethyl adjacent to an activating group) is 1. The van der Waals surface area contributed by atoms with Gasteiger partial charge in [0.05, 0.1) is 17.6 Å². The molecule has 1 aliphatic rings. The van der Waals surface area contributed by atoms with Crippen molar-refractivity contribution < 1.29 is 9.53 Å². The van der Waals surface area contributed by atoms with E-state index in [0.29, 0.717) is 6.04 Å². The summed E-state index contributed by atoms with van der Waals surface area (Å²) in [6.45, 7) is 1.13. The van der Waals surface area contributed by atoms with Gasteiger partial charge in [-0.25, -0.2) is 4.79 Å². The van der Waals surface area contributed by atoms with Crippen molar-refractivity contribution in [2.24, 2.45) is 0 Å². The minimum Gasteiger partial charge on any atom is -0.444 e. The Bertz CT molecular complexity index is 666. The second kappa shape index (κ2) is 6.83. The minimum absolute atomic E-state index is 0.260. The summed E-state index contributed by atoms with van der Waals surface area (Å²) in [5.41, 5.74) is 2.77. The number of aromatic nitrogens is 2. The van der Waals surface area contributed by atoms with Crippen LogP contribution in [-0.2, 0) is 24.3 Å². The van der Waals surface area contributed by atoms with Crippen LogP contribution in [0.1, 0.15) is 17.7 Å². The zero-order valence-electron chi connectivity index (χ0n) is 13.5. The van der Waals surface area contributed by atoms with Gasteiger partial charge >= 0.3 is 6.09 Å². The second-order valence-electron chi connectivity index (χ2n) is 6.03. The van der Waals surface area contributed by atoms with Crippen molar-refractivity contribution in [1.29, 1.82) is 0 Å². The number of carbonyl (C=O) groups is 1. The molecule has 2 heterocycles.